The normalized spacial score (nSPS) is 14.9. The average molecular weight is 342 g/mol. The van der Waals surface area contributed by atoms with Crippen molar-refractivity contribution in [3.63, 3.8) is 0 Å². The fourth-order valence-electron chi connectivity index (χ4n) is 1.53. The highest BCUT2D eigenvalue weighted by Crippen LogP contribution is 2.38. The molecule has 0 radical (unpaired) electrons. The maximum absolute atomic E-state index is 5.60. The van der Waals surface area contributed by atoms with Crippen LogP contribution in [0.1, 0.15) is 30.5 Å². The zero-order valence-corrected chi connectivity index (χ0v) is 11.3. The molecular weight excluding hydrogens is 331 g/mol. The van der Waals surface area contributed by atoms with Crippen molar-refractivity contribution in [3.8, 4) is 5.75 Å². The number of rotatable bonds is 4. The van der Waals surface area contributed by atoms with Crippen LogP contribution in [0.2, 0.25) is 0 Å². The van der Waals surface area contributed by atoms with E-state index in [-0.39, 0.29) is 0 Å². The number of hydrogen-bond donors (Lipinski definition) is 0. The molecule has 17 heavy (non-hydrogen) atoms. The lowest BCUT2D eigenvalue weighted by Crippen LogP contribution is -1.97. The molecule has 0 amide bonds. The van der Waals surface area contributed by atoms with Crippen molar-refractivity contribution in [1.29, 1.82) is 0 Å². The lowest BCUT2D eigenvalue weighted by atomic mass is 10.3. The molecule has 2 aromatic rings. The maximum atomic E-state index is 5.60. The van der Waals surface area contributed by atoms with Crippen LogP contribution >= 0.6 is 22.6 Å². The summed E-state index contributed by atoms with van der Waals surface area (Å²) in [5.74, 6) is 2.69. The molecule has 4 nitrogen and oxygen atoms in total. The summed E-state index contributed by atoms with van der Waals surface area (Å²) in [4.78, 5) is 4.31. The van der Waals surface area contributed by atoms with Crippen LogP contribution in [-0.4, -0.2) is 10.1 Å². The molecular formula is C12H11IN2O2. The van der Waals surface area contributed by atoms with Gasteiger partial charge in [-0.2, -0.15) is 4.98 Å². The summed E-state index contributed by atoms with van der Waals surface area (Å²) in [6.45, 7) is 0.357. The minimum absolute atomic E-state index is 0.357. The third-order valence-electron chi connectivity index (χ3n) is 2.57. The molecule has 88 valence electrons. The van der Waals surface area contributed by atoms with Crippen molar-refractivity contribution in [1.82, 2.24) is 10.1 Å². The van der Waals surface area contributed by atoms with Gasteiger partial charge in [0.1, 0.15) is 5.75 Å². The van der Waals surface area contributed by atoms with Crippen molar-refractivity contribution in [2.75, 3.05) is 0 Å². The molecule has 1 aromatic carbocycles. The molecule has 0 aliphatic heterocycles. The minimum Gasteiger partial charge on any atom is -0.485 e. The van der Waals surface area contributed by atoms with Crippen molar-refractivity contribution < 1.29 is 9.26 Å². The second-order valence-electron chi connectivity index (χ2n) is 4.07. The Bertz CT molecular complexity index is 523. The van der Waals surface area contributed by atoms with E-state index in [0.717, 1.165) is 15.2 Å². The molecule has 5 heteroatoms. The van der Waals surface area contributed by atoms with Gasteiger partial charge >= 0.3 is 0 Å². The fourth-order valence-corrected chi connectivity index (χ4v) is 2.04. The molecule has 0 unspecified atom stereocenters. The van der Waals surface area contributed by atoms with E-state index in [1.54, 1.807) is 0 Å². The van der Waals surface area contributed by atoms with Gasteiger partial charge in [0, 0.05) is 9.49 Å². The molecule has 0 atom stereocenters. The van der Waals surface area contributed by atoms with Gasteiger partial charge in [0.05, 0.1) is 0 Å². The Balaban J connectivity index is 1.62. The summed E-state index contributed by atoms with van der Waals surface area (Å²) in [5.41, 5.74) is 0. The lowest BCUT2D eigenvalue weighted by molar-refractivity contribution is 0.285. The van der Waals surface area contributed by atoms with E-state index in [4.69, 9.17) is 9.26 Å². The highest BCUT2D eigenvalue weighted by Gasteiger charge is 2.29. The smallest absolute Gasteiger partial charge is 0.229 e. The Morgan fingerprint density at radius 2 is 2.29 bits per heavy atom. The Hall–Kier alpha value is -1.11. The number of aromatic nitrogens is 2. The van der Waals surface area contributed by atoms with Gasteiger partial charge < -0.3 is 9.26 Å². The van der Waals surface area contributed by atoms with Crippen LogP contribution in [0, 0.1) is 3.57 Å². The van der Waals surface area contributed by atoms with Gasteiger partial charge in [-0.1, -0.05) is 11.2 Å². The summed E-state index contributed by atoms with van der Waals surface area (Å²) < 4.78 is 11.9. The highest BCUT2D eigenvalue weighted by molar-refractivity contribution is 14.1. The monoisotopic (exact) mass is 342 g/mol. The van der Waals surface area contributed by atoms with Gasteiger partial charge in [-0.25, -0.2) is 0 Å². The van der Waals surface area contributed by atoms with Crippen LogP contribution in [0.4, 0.5) is 0 Å². The van der Waals surface area contributed by atoms with Gasteiger partial charge in [-0.15, -0.1) is 0 Å². The number of halogens is 1. The Labute approximate surface area is 113 Å². The first-order chi connectivity index (χ1) is 8.31. The molecule has 1 heterocycles. The van der Waals surface area contributed by atoms with Crippen molar-refractivity contribution in [2.45, 2.75) is 25.4 Å². The third-order valence-corrected chi connectivity index (χ3v) is 3.25. The van der Waals surface area contributed by atoms with Crippen molar-refractivity contribution in [3.05, 3.63) is 39.6 Å². The van der Waals surface area contributed by atoms with Crippen LogP contribution < -0.4 is 4.74 Å². The van der Waals surface area contributed by atoms with Crippen molar-refractivity contribution in [2.24, 2.45) is 0 Å². The third kappa shape index (κ3) is 2.77. The van der Waals surface area contributed by atoms with Gasteiger partial charge in [-0.05, 0) is 53.6 Å². The minimum atomic E-state index is 0.357. The second kappa shape index (κ2) is 4.64. The van der Waals surface area contributed by atoms with Crippen LogP contribution in [0.15, 0.2) is 28.8 Å². The topological polar surface area (TPSA) is 48.2 Å². The van der Waals surface area contributed by atoms with Crippen LogP contribution in [-0.2, 0) is 6.61 Å². The predicted octanol–water partition coefficient (Wildman–Crippen LogP) is 3.13. The molecule has 1 aromatic heterocycles. The Morgan fingerprint density at radius 3 is 3.06 bits per heavy atom. The molecule has 0 bridgehead atoms. The second-order valence-corrected chi connectivity index (χ2v) is 5.31. The van der Waals surface area contributed by atoms with Crippen LogP contribution in [0.3, 0.4) is 0 Å². The molecule has 3 rings (SSSR count). The molecule has 0 N–H and O–H groups in total. The van der Waals surface area contributed by atoms with Crippen molar-refractivity contribution >= 4 is 22.6 Å². The zero-order chi connectivity index (χ0) is 11.7. The molecule has 0 saturated heterocycles. The number of benzene rings is 1. The SMILES string of the molecule is Ic1cccc(OCc2noc(C3CC3)n2)c1. The van der Waals surface area contributed by atoms with Gasteiger partial charge in [0.2, 0.25) is 11.7 Å². The first kappa shape index (κ1) is 11.0. The van der Waals surface area contributed by atoms with E-state index in [1.165, 1.54) is 12.8 Å². The van der Waals surface area contributed by atoms with E-state index in [0.29, 0.717) is 18.3 Å². The standard InChI is InChI=1S/C12H11IN2O2/c13-9-2-1-3-10(6-9)16-7-11-14-12(17-15-11)8-4-5-8/h1-3,6,8H,4-5,7H2. The molecule has 1 saturated carbocycles. The zero-order valence-electron chi connectivity index (χ0n) is 9.10. The average Bonchev–Trinajstić information content (AvgIpc) is 3.07. The Kier molecular flexibility index (Phi) is 3.00. The van der Waals surface area contributed by atoms with E-state index in [2.05, 4.69) is 32.7 Å². The summed E-state index contributed by atoms with van der Waals surface area (Å²) in [6.07, 6.45) is 2.33. The van der Waals surface area contributed by atoms with Gasteiger partial charge in [0.25, 0.3) is 0 Å². The quantitative estimate of drug-likeness (QED) is 0.801. The summed E-state index contributed by atoms with van der Waals surface area (Å²) in [5, 5.41) is 3.90. The summed E-state index contributed by atoms with van der Waals surface area (Å²) in [7, 11) is 0. The van der Waals surface area contributed by atoms with Crippen LogP contribution in [0.25, 0.3) is 0 Å². The number of ether oxygens (including phenoxy) is 1. The van der Waals surface area contributed by atoms with E-state index >= 15 is 0 Å². The first-order valence-electron chi connectivity index (χ1n) is 5.52. The van der Waals surface area contributed by atoms with Gasteiger partial charge in [-0.3, -0.25) is 0 Å². The molecule has 0 spiro atoms. The molecule has 1 aliphatic carbocycles. The summed E-state index contributed by atoms with van der Waals surface area (Å²) in [6, 6.07) is 7.88. The lowest BCUT2D eigenvalue weighted by Gasteiger charge is -2.02. The Morgan fingerprint density at radius 1 is 1.41 bits per heavy atom. The first-order valence-corrected chi connectivity index (χ1v) is 6.60. The van der Waals surface area contributed by atoms with E-state index in [1.807, 2.05) is 24.3 Å². The number of hydrogen-bond acceptors (Lipinski definition) is 4. The fraction of sp³-hybridized carbons (Fsp3) is 0.333. The highest BCUT2D eigenvalue weighted by atomic mass is 127. The van der Waals surface area contributed by atoms with E-state index in [9.17, 15) is 0 Å². The van der Waals surface area contributed by atoms with Crippen LogP contribution in [0.5, 0.6) is 5.75 Å². The number of nitrogens with zero attached hydrogens (tertiary/aromatic N) is 2. The van der Waals surface area contributed by atoms with E-state index < -0.39 is 0 Å². The summed E-state index contributed by atoms with van der Waals surface area (Å²) >= 11 is 2.25. The largest absolute Gasteiger partial charge is 0.485 e. The molecule has 1 fully saturated rings. The predicted molar refractivity (Wildman–Crippen MR) is 69.8 cm³/mol. The maximum Gasteiger partial charge on any atom is 0.229 e. The molecule has 1 aliphatic rings. The van der Waals surface area contributed by atoms with Gasteiger partial charge in [0.15, 0.2) is 6.61 Å².